The highest BCUT2D eigenvalue weighted by atomic mass is 32.1. The lowest BCUT2D eigenvalue weighted by Gasteiger charge is -2.21. The molecular formula is C14H22N6S. The zero-order chi connectivity index (χ0) is 15.4. The van der Waals surface area contributed by atoms with E-state index in [-0.39, 0.29) is 0 Å². The highest BCUT2D eigenvalue weighted by Crippen LogP contribution is 2.17. The van der Waals surface area contributed by atoms with Crippen LogP contribution in [0.3, 0.4) is 0 Å². The Bertz CT molecular complexity index is 541. The average Bonchev–Trinajstić information content (AvgIpc) is 2.97. The molecular weight excluding hydrogens is 284 g/mol. The maximum atomic E-state index is 4.52. The molecule has 2 rings (SSSR count). The molecule has 2 heterocycles. The Morgan fingerprint density at radius 2 is 1.48 bits per heavy atom. The summed E-state index contributed by atoms with van der Waals surface area (Å²) in [6, 6.07) is 4.24. The van der Waals surface area contributed by atoms with Crippen LogP contribution in [-0.4, -0.2) is 56.7 Å². The first-order valence-electron chi connectivity index (χ1n) is 6.81. The van der Waals surface area contributed by atoms with Gasteiger partial charge in [-0.2, -0.15) is 15.0 Å². The van der Waals surface area contributed by atoms with Crippen LogP contribution in [0.4, 0.5) is 17.8 Å². The van der Waals surface area contributed by atoms with Crippen molar-refractivity contribution in [1.29, 1.82) is 0 Å². The van der Waals surface area contributed by atoms with Crippen molar-refractivity contribution < 1.29 is 0 Å². The summed E-state index contributed by atoms with van der Waals surface area (Å²) in [4.78, 5) is 20.7. The maximum absolute atomic E-state index is 4.52. The highest BCUT2D eigenvalue weighted by Gasteiger charge is 2.13. The van der Waals surface area contributed by atoms with Gasteiger partial charge in [0.25, 0.3) is 0 Å². The van der Waals surface area contributed by atoms with Crippen molar-refractivity contribution in [2.45, 2.75) is 6.42 Å². The van der Waals surface area contributed by atoms with Crippen molar-refractivity contribution >= 4 is 29.2 Å². The van der Waals surface area contributed by atoms with Crippen LogP contribution in [0, 0.1) is 0 Å². The first kappa shape index (κ1) is 15.5. The molecule has 0 aromatic carbocycles. The third kappa shape index (κ3) is 4.04. The number of rotatable bonds is 6. The molecule has 0 aliphatic rings. The fourth-order valence-corrected chi connectivity index (χ4v) is 2.44. The topological polar surface area (TPSA) is 48.4 Å². The smallest absolute Gasteiger partial charge is 0.231 e. The maximum Gasteiger partial charge on any atom is 0.231 e. The number of hydrogen-bond donors (Lipinski definition) is 0. The number of thiophene rings is 1. The van der Waals surface area contributed by atoms with Gasteiger partial charge in [0.1, 0.15) is 0 Å². The summed E-state index contributed by atoms with van der Waals surface area (Å²) in [6.45, 7) is 0.879. The van der Waals surface area contributed by atoms with Gasteiger partial charge in [0, 0.05) is 46.7 Å². The second kappa shape index (κ2) is 6.71. The highest BCUT2D eigenvalue weighted by molar-refractivity contribution is 7.09. The van der Waals surface area contributed by atoms with Crippen LogP contribution in [0.25, 0.3) is 0 Å². The van der Waals surface area contributed by atoms with Crippen molar-refractivity contribution in [3.05, 3.63) is 22.4 Å². The van der Waals surface area contributed by atoms with Gasteiger partial charge in [0.05, 0.1) is 0 Å². The molecule has 0 radical (unpaired) electrons. The molecule has 0 bridgehead atoms. The Morgan fingerprint density at radius 3 is 1.95 bits per heavy atom. The normalized spacial score (nSPS) is 10.5. The molecule has 0 N–H and O–H groups in total. The molecule has 114 valence electrons. The summed E-state index contributed by atoms with van der Waals surface area (Å²) in [5.41, 5.74) is 0. The van der Waals surface area contributed by atoms with Crippen molar-refractivity contribution in [2.75, 3.05) is 56.5 Å². The van der Waals surface area contributed by atoms with Gasteiger partial charge in [0.15, 0.2) is 0 Å². The van der Waals surface area contributed by atoms with Crippen LogP contribution >= 0.6 is 11.3 Å². The molecule has 0 fully saturated rings. The quantitative estimate of drug-likeness (QED) is 0.810. The zero-order valence-corrected chi connectivity index (χ0v) is 14.1. The fraction of sp³-hybridized carbons (Fsp3) is 0.500. The van der Waals surface area contributed by atoms with E-state index in [0.29, 0.717) is 17.8 Å². The van der Waals surface area contributed by atoms with Gasteiger partial charge in [-0.1, -0.05) is 6.07 Å². The standard InChI is InChI=1S/C14H22N6S/c1-18(2)12-15-13(19(3)4)17-14(16-12)20(5)9-8-11-7-6-10-21-11/h6-7,10H,8-9H2,1-5H3. The lowest BCUT2D eigenvalue weighted by Crippen LogP contribution is -2.26. The summed E-state index contributed by atoms with van der Waals surface area (Å²) in [5.74, 6) is 2.05. The molecule has 0 atom stereocenters. The lowest BCUT2D eigenvalue weighted by atomic mass is 10.3. The SMILES string of the molecule is CN(C)c1nc(N(C)C)nc(N(C)CCc2cccs2)n1. The van der Waals surface area contributed by atoms with Gasteiger partial charge >= 0.3 is 0 Å². The van der Waals surface area contributed by atoms with E-state index in [1.54, 1.807) is 11.3 Å². The van der Waals surface area contributed by atoms with E-state index in [0.717, 1.165) is 13.0 Å². The molecule has 0 saturated heterocycles. The van der Waals surface area contributed by atoms with E-state index in [2.05, 4.69) is 37.4 Å². The van der Waals surface area contributed by atoms with Crippen molar-refractivity contribution in [3.63, 3.8) is 0 Å². The molecule has 0 aliphatic heterocycles. The van der Waals surface area contributed by atoms with E-state index in [4.69, 9.17) is 0 Å². The summed E-state index contributed by atoms with van der Waals surface area (Å²) in [6.07, 6.45) is 0.994. The lowest BCUT2D eigenvalue weighted by molar-refractivity contribution is 0.819. The minimum Gasteiger partial charge on any atom is -0.347 e. The van der Waals surface area contributed by atoms with Crippen molar-refractivity contribution in [1.82, 2.24) is 15.0 Å². The van der Waals surface area contributed by atoms with E-state index < -0.39 is 0 Å². The Balaban J connectivity index is 2.16. The van der Waals surface area contributed by atoms with Crippen LogP contribution in [0.5, 0.6) is 0 Å². The molecule has 6 nitrogen and oxygen atoms in total. The van der Waals surface area contributed by atoms with Gasteiger partial charge in [-0.05, 0) is 17.9 Å². The van der Waals surface area contributed by atoms with Crippen molar-refractivity contribution in [2.24, 2.45) is 0 Å². The van der Waals surface area contributed by atoms with Gasteiger partial charge in [-0.25, -0.2) is 0 Å². The number of nitrogens with zero attached hydrogens (tertiary/aromatic N) is 6. The summed E-state index contributed by atoms with van der Waals surface area (Å²) in [7, 11) is 9.75. The molecule has 0 aliphatic carbocycles. The zero-order valence-electron chi connectivity index (χ0n) is 13.2. The number of anilines is 3. The fourth-order valence-electron chi connectivity index (χ4n) is 1.75. The third-order valence-corrected chi connectivity index (χ3v) is 3.95. The molecule has 21 heavy (non-hydrogen) atoms. The number of likely N-dealkylation sites (N-methyl/N-ethyl adjacent to an activating group) is 1. The van der Waals surface area contributed by atoms with E-state index in [1.807, 2.05) is 45.0 Å². The molecule has 0 saturated carbocycles. The number of hydrogen-bond acceptors (Lipinski definition) is 7. The summed E-state index contributed by atoms with van der Waals surface area (Å²) < 4.78 is 0. The first-order valence-corrected chi connectivity index (χ1v) is 7.69. The molecule has 2 aromatic rings. The number of aromatic nitrogens is 3. The first-order chi connectivity index (χ1) is 9.97. The predicted molar refractivity (Wildman–Crippen MR) is 89.8 cm³/mol. The Hall–Kier alpha value is -1.89. The average molecular weight is 306 g/mol. The van der Waals surface area contributed by atoms with Crippen molar-refractivity contribution in [3.8, 4) is 0 Å². The second-order valence-corrected chi connectivity index (χ2v) is 6.31. The largest absolute Gasteiger partial charge is 0.347 e. The second-order valence-electron chi connectivity index (χ2n) is 5.28. The Kier molecular flexibility index (Phi) is 4.95. The van der Waals surface area contributed by atoms with Crippen LogP contribution < -0.4 is 14.7 Å². The van der Waals surface area contributed by atoms with Gasteiger partial charge < -0.3 is 14.7 Å². The van der Waals surface area contributed by atoms with Gasteiger partial charge in [-0.15, -0.1) is 11.3 Å². The van der Waals surface area contributed by atoms with E-state index in [9.17, 15) is 0 Å². The molecule has 2 aromatic heterocycles. The van der Waals surface area contributed by atoms with Crippen LogP contribution in [0.2, 0.25) is 0 Å². The molecule has 7 heteroatoms. The minimum absolute atomic E-state index is 0.673. The van der Waals surface area contributed by atoms with Crippen LogP contribution in [-0.2, 0) is 6.42 Å². The van der Waals surface area contributed by atoms with E-state index >= 15 is 0 Å². The summed E-state index contributed by atoms with van der Waals surface area (Å²) >= 11 is 1.78. The minimum atomic E-state index is 0.673. The van der Waals surface area contributed by atoms with Crippen LogP contribution in [0.15, 0.2) is 17.5 Å². The van der Waals surface area contributed by atoms with E-state index in [1.165, 1.54) is 4.88 Å². The molecule has 0 amide bonds. The third-order valence-electron chi connectivity index (χ3n) is 3.02. The van der Waals surface area contributed by atoms with Gasteiger partial charge in [0.2, 0.25) is 17.8 Å². The molecule has 0 spiro atoms. The molecule has 0 unspecified atom stereocenters. The Labute approximate surface area is 130 Å². The monoisotopic (exact) mass is 306 g/mol. The predicted octanol–water partition coefficient (Wildman–Crippen LogP) is 1.74. The Morgan fingerprint density at radius 1 is 0.905 bits per heavy atom. The summed E-state index contributed by atoms with van der Waals surface area (Å²) in [5, 5.41) is 2.10. The van der Waals surface area contributed by atoms with Gasteiger partial charge in [-0.3, -0.25) is 0 Å². The van der Waals surface area contributed by atoms with Crippen LogP contribution in [0.1, 0.15) is 4.88 Å².